The Kier molecular flexibility index (Phi) is 8.76. The Labute approximate surface area is 260 Å². The molecule has 0 radical (unpaired) electrons. The summed E-state index contributed by atoms with van der Waals surface area (Å²) in [5, 5.41) is 4.79. The van der Waals surface area contributed by atoms with Crippen molar-refractivity contribution >= 4 is 29.4 Å². The van der Waals surface area contributed by atoms with Gasteiger partial charge in [-0.05, 0) is 42.5 Å². The lowest BCUT2D eigenvalue weighted by Gasteiger charge is -2.30. The number of ether oxygens (including phenoxy) is 4. The number of fused-ring (bicyclic) bond motifs is 1. The number of carbonyl (C=O) groups is 2. The Balaban J connectivity index is 1.61. The SMILES string of the molecule is COc1ccc(-n2nc(-c3ccccc3)c3c2N(CC(=O)N2CCOCC2)C(=O)CS[C@H]3c2cc(OC)ccc2OC)cc1. The first kappa shape index (κ1) is 29.6. The van der Waals surface area contributed by atoms with Crippen LogP contribution in [0.1, 0.15) is 16.4 Å². The van der Waals surface area contributed by atoms with E-state index in [1.165, 1.54) is 11.8 Å². The lowest BCUT2D eigenvalue weighted by atomic mass is 9.98. The molecule has 1 atom stereocenters. The van der Waals surface area contributed by atoms with E-state index in [0.717, 1.165) is 22.4 Å². The fourth-order valence-corrected chi connectivity index (χ4v) is 6.78. The summed E-state index contributed by atoms with van der Waals surface area (Å²) < 4.78 is 24.1. The van der Waals surface area contributed by atoms with Crippen molar-refractivity contribution in [2.24, 2.45) is 0 Å². The molecule has 0 spiro atoms. The van der Waals surface area contributed by atoms with Gasteiger partial charge < -0.3 is 23.8 Å². The molecule has 2 amide bonds. The summed E-state index contributed by atoms with van der Waals surface area (Å²) >= 11 is 1.48. The van der Waals surface area contributed by atoms with Crippen LogP contribution in [0.15, 0.2) is 72.8 Å². The van der Waals surface area contributed by atoms with Gasteiger partial charge in [-0.15, -0.1) is 11.8 Å². The molecule has 0 aliphatic carbocycles. The van der Waals surface area contributed by atoms with E-state index in [2.05, 4.69) is 0 Å². The molecule has 3 aromatic carbocycles. The summed E-state index contributed by atoms with van der Waals surface area (Å²) in [6.07, 6.45) is 0. The van der Waals surface area contributed by atoms with Gasteiger partial charge in [0.1, 0.15) is 29.6 Å². The van der Waals surface area contributed by atoms with Gasteiger partial charge in [0.05, 0.1) is 56.9 Å². The smallest absolute Gasteiger partial charge is 0.242 e. The fraction of sp³-hybridized carbons (Fsp3) is 0.303. The highest BCUT2D eigenvalue weighted by atomic mass is 32.2. The van der Waals surface area contributed by atoms with Gasteiger partial charge in [0.25, 0.3) is 0 Å². The van der Waals surface area contributed by atoms with Gasteiger partial charge in [-0.2, -0.15) is 5.10 Å². The number of anilines is 1. The predicted octanol–water partition coefficient (Wildman–Crippen LogP) is 4.59. The Hall–Kier alpha value is -4.48. The van der Waals surface area contributed by atoms with Gasteiger partial charge in [-0.1, -0.05) is 30.3 Å². The van der Waals surface area contributed by atoms with E-state index in [9.17, 15) is 9.59 Å². The van der Waals surface area contributed by atoms with Crippen molar-refractivity contribution in [2.45, 2.75) is 5.25 Å². The standard InChI is InChI=1S/C33H34N4O6S/c1-40-24-11-9-23(10-12-24)37-33-30(31(34-37)22-7-5-4-6-8-22)32(26-19-25(41-2)13-14-27(26)42-3)44-21-29(39)36(33)20-28(38)35-15-17-43-18-16-35/h4-14,19,32H,15-18,20-21H2,1-3H3/t32-/m0/s1. The minimum absolute atomic E-state index is 0.121. The zero-order valence-corrected chi connectivity index (χ0v) is 25.7. The van der Waals surface area contributed by atoms with Crippen LogP contribution >= 0.6 is 11.8 Å². The lowest BCUT2D eigenvalue weighted by molar-refractivity contribution is -0.134. The Morgan fingerprint density at radius 3 is 2.32 bits per heavy atom. The van der Waals surface area contributed by atoms with E-state index >= 15 is 0 Å². The second-order valence-corrected chi connectivity index (χ2v) is 11.4. The molecule has 0 saturated carbocycles. The third-order valence-corrected chi connectivity index (χ3v) is 9.07. The highest BCUT2D eigenvalue weighted by molar-refractivity contribution is 8.00. The molecule has 6 rings (SSSR count). The first-order valence-electron chi connectivity index (χ1n) is 14.3. The van der Waals surface area contributed by atoms with Gasteiger partial charge in [-0.25, -0.2) is 4.68 Å². The van der Waals surface area contributed by atoms with E-state index in [0.29, 0.717) is 55.1 Å². The predicted molar refractivity (Wildman–Crippen MR) is 169 cm³/mol. The normalized spacial score (nSPS) is 16.7. The average Bonchev–Trinajstić information content (AvgIpc) is 3.41. The van der Waals surface area contributed by atoms with E-state index in [-0.39, 0.29) is 29.4 Å². The van der Waals surface area contributed by atoms with E-state index in [4.69, 9.17) is 24.0 Å². The third kappa shape index (κ3) is 5.72. The Bertz CT molecular complexity index is 1640. The summed E-state index contributed by atoms with van der Waals surface area (Å²) in [4.78, 5) is 31.1. The lowest BCUT2D eigenvalue weighted by Crippen LogP contribution is -2.48. The highest BCUT2D eigenvalue weighted by Gasteiger charge is 2.39. The number of nitrogens with zero attached hydrogens (tertiary/aromatic N) is 4. The molecule has 1 fully saturated rings. The minimum atomic E-state index is -0.371. The number of morpholine rings is 1. The number of hydrogen-bond donors (Lipinski definition) is 0. The van der Waals surface area contributed by atoms with E-state index in [1.54, 1.807) is 35.8 Å². The number of aromatic nitrogens is 2. The first-order valence-corrected chi connectivity index (χ1v) is 15.4. The molecule has 44 heavy (non-hydrogen) atoms. The number of methoxy groups -OCH3 is 3. The fourth-order valence-electron chi connectivity index (χ4n) is 5.57. The second kappa shape index (κ2) is 13.0. The monoisotopic (exact) mass is 614 g/mol. The first-order chi connectivity index (χ1) is 21.5. The maximum Gasteiger partial charge on any atom is 0.242 e. The maximum absolute atomic E-state index is 14.1. The summed E-state index contributed by atoms with van der Waals surface area (Å²) in [5.41, 5.74) is 3.97. The van der Waals surface area contributed by atoms with Gasteiger partial charge >= 0.3 is 0 Å². The van der Waals surface area contributed by atoms with Crippen LogP contribution in [0.25, 0.3) is 16.9 Å². The Morgan fingerprint density at radius 2 is 1.64 bits per heavy atom. The highest BCUT2D eigenvalue weighted by Crippen LogP contribution is 2.51. The molecular formula is C33H34N4O6S. The molecule has 10 nitrogen and oxygen atoms in total. The van der Waals surface area contributed by atoms with Gasteiger partial charge in [-0.3, -0.25) is 14.5 Å². The number of carbonyl (C=O) groups excluding carboxylic acids is 2. The van der Waals surface area contributed by atoms with Crippen LogP contribution in [-0.4, -0.2) is 86.4 Å². The van der Waals surface area contributed by atoms with Crippen molar-refractivity contribution in [1.82, 2.24) is 14.7 Å². The van der Waals surface area contributed by atoms with Crippen LogP contribution in [0.5, 0.6) is 17.2 Å². The van der Waals surface area contributed by atoms with Gasteiger partial charge in [0, 0.05) is 29.8 Å². The Morgan fingerprint density at radius 1 is 0.932 bits per heavy atom. The molecule has 2 aliphatic rings. The molecule has 4 aromatic rings. The molecule has 11 heteroatoms. The molecule has 0 bridgehead atoms. The maximum atomic E-state index is 14.1. The average molecular weight is 615 g/mol. The molecule has 0 N–H and O–H groups in total. The molecule has 0 unspecified atom stereocenters. The number of rotatable bonds is 8. The summed E-state index contributed by atoms with van der Waals surface area (Å²) in [5.74, 6) is 2.39. The van der Waals surface area contributed by atoms with Crippen molar-refractivity contribution in [1.29, 1.82) is 0 Å². The minimum Gasteiger partial charge on any atom is -0.497 e. The van der Waals surface area contributed by atoms with Crippen molar-refractivity contribution in [2.75, 3.05) is 64.8 Å². The quantitative estimate of drug-likeness (QED) is 0.285. The van der Waals surface area contributed by atoms with Crippen molar-refractivity contribution in [3.63, 3.8) is 0 Å². The summed E-state index contributed by atoms with van der Waals surface area (Å²) in [7, 11) is 4.87. The zero-order chi connectivity index (χ0) is 30.6. The zero-order valence-electron chi connectivity index (χ0n) is 24.9. The molecule has 2 aliphatic heterocycles. The summed E-state index contributed by atoms with van der Waals surface area (Å²) in [6.45, 7) is 1.80. The van der Waals surface area contributed by atoms with Gasteiger partial charge in [0.15, 0.2) is 0 Å². The summed E-state index contributed by atoms with van der Waals surface area (Å²) in [6, 6.07) is 23.0. The second-order valence-electron chi connectivity index (χ2n) is 10.3. The van der Waals surface area contributed by atoms with Crippen LogP contribution < -0.4 is 19.1 Å². The van der Waals surface area contributed by atoms with Crippen LogP contribution in [0.2, 0.25) is 0 Å². The van der Waals surface area contributed by atoms with E-state index in [1.807, 2.05) is 72.8 Å². The van der Waals surface area contributed by atoms with Crippen molar-refractivity contribution in [3.8, 4) is 34.2 Å². The number of hydrogen-bond acceptors (Lipinski definition) is 8. The topological polar surface area (TPSA) is 95.4 Å². The molecule has 3 heterocycles. The molecule has 1 aromatic heterocycles. The molecule has 228 valence electrons. The third-order valence-electron chi connectivity index (χ3n) is 7.83. The van der Waals surface area contributed by atoms with Crippen molar-refractivity contribution < 1.29 is 28.5 Å². The van der Waals surface area contributed by atoms with E-state index < -0.39 is 0 Å². The van der Waals surface area contributed by atoms with Crippen molar-refractivity contribution in [3.05, 3.63) is 83.9 Å². The molecular weight excluding hydrogens is 580 g/mol. The number of benzene rings is 3. The van der Waals surface area contributed by atoms with Crippen LogP contribution in [0.3, 0.4) is 0 Å². The van der Waals surface area contributed by atoms with Crippen LogP contribution in [0, 0.1) is 0 Å². The molecule has 1 saturated heterocycles. The van der Waals surface area contributed by atoms with Crippen LogP contribution in [-0.2, 0) is 14.3 Å². The van der Waals surface area contributed by atoms with Gasteiger partial charge in [0.2, 0.25) is 11.8 Å². The number of thioether (sulfide) groups is 1. The van der Waals surface area contributed by atoms with Crippen LogP contribution in [0.4, 0.5) is 5.82 Å². The number of amides is 2. The largest absolute Gasteiger partial charge is 0.497 e.